The van der Waals surface area contributed by atoms with E-state index in [-0.39, 0.29) is 0 Å². The molecule has 1 aromatic carbocycles. The zero-order valence-electron chi connectivity index (χ0n) is 12.7. The maximum atomic E-state index is 6.00. The molecule has 2 aromatic heterocycles. The molecule has 0 aliphatic carbocycles. The van der Waals surface area contributed by atoms with Gasteiger partial charge < -0.3 is 15.8 Å². The van der Waals surface area contributed by atoms with E-state index in [9.17, 15) is 0 Å². The molecule has 4 N–H and O–H groups in total. The van der Waals surface area contributed by atoms with Crippen LogP contribution in [0, 0.1) is 0 Å². The molecule has 1 atom stereocenters. The molecular formula is C17H19N5O. The molecule has 3 aromatic rings. The molecule has 1 aliphatic heterocycles. The molecule has 1 fully saturated rings. The van der Waals surface area contributed by atoms with Gasteiger partial charge in [0.25, 0.3) is 0 Å². The third-order valence-corrected chi connectivity index (χ3v) is 4.16. The van der Waals surface area contributed by atoms with Gasteiger partial charge in [0.2, 0.25) is 0 Å². The number of aromatic amines is 1. The topological polar surface area (TPSA) is 88.9 Å². The van der Waals surface area contributed by atoms with Gasteiger partial charge in [-0.15, -0.1) is 0 Å². The van der Waals surface area contributed by atoms with Gasteiger partial charge in [-0.2, -0.15) is 5.10 Å². The van der Waals surface area contributed by atoms with Gasteiger partial charge in [0.1, 0.15) is 5.82 Å². The number of nitrogen functional groups attached to an aromatic ring is 1. The third-order valence-electron chi connectivity index (χ3n) is 4.16. The van der Waals surface area contributed by atoms with Crippen LogP contribution in [0.3, 0.4) is 0 Å². The number of nitrogens with two attached hydrogens (primary N) is 1. The first-order valence-corrected chi connectivity index (χ1v) is 7.84. The van der Waals surface area contributed by atoms with Crippen molar-refractivity contribution in [3.05, 3.63) is 36.5 Å². The normalized spacial score (nSPS) is 18.2. The van der Waals surface area contributed by atoms with E-state index in [2.05, 4.69) is 32.6 Å². The van der Waals surface area contributed by atoms with E-state index in [1.54, 1.807) is 6.20 Å². The van der Waals surface area contributed by atoms with Crippen molar-refractivity contribution in [1.29, 1.82) is 0 Å². The fourth-order valence-electron chi connectivity index (χ4n) is 3.03. The number of H-pyrrole nitrogens is 1. The fourth-order valence-corrected chi connectivity index (χ4v) is 3.03. The molecule has 6 heteroatoms. The summed E-state index contributed by atoms with van der Waals surface area (Å²) in [7, 11) is 0. The largest absolute Gasteiger partial charge is 0.384 e. The van der Waals surface area contributed by atoms with Crippen LogP contribution in [0.25, 0.3) is 22.2 Å². The quantitative estimate of drug-likeness (QED) is 0.692. The number of hydrogen-bond donors (Lipinski definition) is 3. The number of anilines is 2. The highest BCUT2D eigenvalue weighted by Crippen LogP contribution is 2.29. The highest BCUT2D eigenvalue weighted by atomic mass is 16.5. The molecule has 6 nitrogen and oxygen atoms in total. The molecule has 0 saturated carbocycles. The van der Waals surface area contributed by atoms with E-state index in [0.717, 1.165) is 53.9 Å². The minimum absolute atomic E-state index is 0.320. The van der Waals surface area contributed by atoms with Gasteiger partial charge in [-0.1, -0.05) is 12.1 Å². The van der Waals surface area contributed by atoms with Gasteiger partial charge in [-0.3, -0.25) is 5.10 Å². The van der Waals surface area contributed by atoms with Crippen LogP contribution in [0.15, 0.2) is 36.5 Å². The SMILES string of the molecule is Nc1cc(NC2CCCOC2)c2ccc(-c3ccn[nH]3)cc2n1. The summed E-state index contributed by atoms with van der Waals surface area (Å²) in [6.45, 7) is 1.58. The average molecular weight is 309 g/mol. The Morgan fingerprint density at radius 3 is 3.00 bits per heavy atom. The van der Waals surface area contributed by atoms with E-state index >= 15 is 0 Å². The number of benzene rings is 1. The number of hydrogen-bond acceptors (Lipinski definition) is 5. The van der Waals surface area contributed by atoms with E-state index in [0.29, 0.717) is 11.9 Å². The molecule has 4 rings (SSSR count). The summed E-state index contributed by atoms with van der Waals surface area (Å²) in [6, 6.07) is 10.3. The van der Waals surface area contributed by atoms with Crippen LogP contribution in [0.4, 0.5) is 11.5 Å². The summed E-state index contributed by atoms with van der Waals surface area (Å²) in [5.41, 5.74) is 9.89. The third kappa shape index (κ3) is 2.85. The number of aromatic nitrogens is 3. The fraction of sp³-hybridized carbons (Fsp3) is 0.294. The Morgan fingerprint density at radius 1 is 1.26 bits per heavy atom. The first-order chi connectivity index (χ1) is 11.3. The minimum Gasteiger partial charge on any atom is -0.384 e. The summed E-state index contributed by atoms with van der Waals surface area (Å²) in [5.74, 6) is 0.512. The summed E-state index contributed by atoms with van der Waals surface area (Å²) >= 11 is 0. The van der Waals surface area contributed by atoms with E-state index in [4.69, 9.17) is 10.5 Å². The molecule has 1 unspecified atom stereocenters. The van der Waals surface area contributed by atoms with Gasteiger partial charge in [0.05, 0.1) is 17.8 Å². The number of nitrogens with zero attached hydrogens (tertiary/aromatic N) is 2. The predicted molar refractivity (Wildman–Crippen MR) is 91.2 cm³/mol. The maximum absolute atomic E-state index is 6.00. The van der Waals surface area contributed by atoms with Crippen molar-refractivity contribution in [2.45, 2.75) is 18.9 Å². The second-order valence-electron chi connectivity index (χ2n) is 5.86. The van der Waals surface area contributed by atoms with Crippen LogP contribution in [-0.2, 0) is 4.74 Å². The van der Waals surface area contributed by atoms with Gasteiger partial charge in [0, 0.05) is 41.5 Å². The zero-order chi connectivity index (χ0) is 15.6. The lowest BCUT2D eigenvalue weighted by Gasteiger charge is -2.25. The van der Waals surface area contributed by atoms with Crippen molar-refractivity contribution in [3.63, 3.8) is 0 Å². The molecular weight excluding hydrogens is 290 g/mol. The second-order valence-corrected chi connectivity index (χ2v) is 5.86. The molecule has 0 bridgehead atoms. The van der Waals surface area contributed by atoms with Gasteiger partial charge in [-0.25, -0.2) is 4.98 Å². The number of rotatable bonds is 3. The Balaban J connectivity index is 1.72. The lowest BCUT2D eigenvalue weighted by molar-refractivity contribution is 0.0876. The van der Waals surface area contributed by atoms with Crippen molar-refractivity contribution in [2.24, 2.45) is 0 Å². The standard InChI is InChI=1S/C17H19N5O/c18-17-9-16(20-12-2-1-7-23-10-12)13-4-3-11(8-15(13)21-17)14-5-6-19-22-14/h3-6,8-9,12H,1-2,7,10H2,(H,19,22)(H3,18,20,21). The van der Waals surface area contributed by atoms with Gasteiger partial charge in [0.15, 0.2) is 0 Å². The van der Waals surface area contributed by atoms with Crippen molar-refractivity contribution in [2.75, 3.05) is 24.3 Å². The van der Waals surface area contributed by atoms with Crippen molar-refractivity contribution in [1.82, 2.24) is 15.2 Å². The van der Waals surface area contributed by atoms with Crippen LogP contribution < -0.4 is 11.1 Å². The van der Waals surface area contributed by atoms with Crippen molar-refractivity contribution >= 4 is 22.4 Å². The van der Waals surface area contributed by atoms with E-state index in [1.165, 1.54) is 0 Å². The molecule has 1 saturated heterocycles. The smallest absolute Gasteiger partial charge is 0.126 e. The molecule has 1 aliphatic rings. The highest BCUT2D eigenvalue weighted by Gasteiger charge is 2.15. The van der Waals surface area contributed by atoms with Crippen molar-refractivity contribution in [3.8, 4) is 11.3 Å². The number of pyridine rings is 1. The molecule has 0 amide bonds. The van der Waals surface area contributed by atoms with Crippen LogP contribution in [0.5, 0.6) is 0 Å². The van der Waals surface area contributed by atoms with E-state index < -0.39 is 0 Å². The summed E-state index contributed by atoms with van der Waals surface area (Å²) in [5, 5.41) is 11.6. The second kappa shape index (κ2) is 5.89. The summed E-state index contributed by atoms with van der Waals surface area (Å²) < 4.78 is 5.54. The number of ether oxygens (including phenoxy) is 1. The maximum Gasteiger partial charge on any atom is 0.126 e. The van der Waals surface area contributed by atoms with Crippen LogP contribution >= 0.6 is 0 Å². The van der Waals surface area contributed by atoms with Gasteiger partial charge in [-0.05, 0) is 25.0 Å². The van der Waals surface area contributed by atoms with Gasteiger partial charge >= 0.3 is 0 Å². The predicted octanol–water partition coefficient (Wildman–Crippen LogP) is 2.80. The number of nitrogens with one attached hydrogen (secondary N) is 2. The zero-order valence-corrected chi connectivity index (χ0v) is 12.7. The van der Waals surface area contributed by atoms with Crippen LogP contribution in [-0.4, -0.2) is 34.4 Å². The minimum atomic E-state index is 0.320. The first-order valence-electron chi connectivity index (χ1n) is 7.84. The molecule has 0 spiro atoms. The Kier molecular flexibility index (Phi) is 3.59. The summed E-state index contributed by atoms with van der Waals surface area (Å²) in [4.78, 5) is 4.47. The lowest BCUT2D eigenvalue weighted by Crippen LogP contribution is -2.30. The van der Waals surface area contributed by atoms with Crippen LogP contribution in [0.2, 0.25) is 0 Å². The monoisotopic (exact) mass is 309 g/mol. The molecule has 118 valence electrons. The first kappa shape index (κ1) is 14.0. The molecule has 23 heavy (non-hydrogen) atoms. The van der Waals surface area contributed by atoms with Crippen LogP contribution in [0.1, 0.15) is 12.8 Å². The molecule has 3 heterocycles. The number of fused-ring (bicyclic) bond motifs is 1. The summed E-state index contributed by atoms with van der Waals surface area (Å²) in [6.07, 6.45) is 3.93. The highest BCUT2D eigenvalue weighted by molar-refractivity contribution is 5.95. The lowest BCUT2D eigenvalue weighted by atomic mass is 10.1. The Bertz CT molecular complexity index is 809. The average Bonchev–Trinajstić information content (AvgIpc) is 3.09. The van der Waals surface area contributed by atoms with Crippen molar-refractivity contribution < 1.29 is 4.74 Å². The Labute approximate surface area is 134 Å². The molecule has 0 radical (unpaired) electrons. The Morgan fingerprint density at radius 2 is 2.22 bits per heavy atom. The Hall–Kier alpha value is -2.60. The van der Waals surface area contributed by atoms with E-state index in [1.807, 2.05) is 18.2 Å².